The molecule has 39 heavy (non-hydrogen) atoms. The largest absolute Gasteiger partial charge is 0.383 e. The summed E-state index contributed by atoms with van der Waals surface area (Å²) in [4.78, 5) is 20.5. The number of anilines is 1. The molecule has 0 spiro atoms. The summed E-state index contributed by atoms with van der Waals surface area (Å²) >= 11 is 1.48. The summed E-state index contributed by atoms with van der Waals surface area (Å²) in [5.41, 5.74) is 4.37. The van der Waals surface area contributed by atoms with E-state index in [0.29, 0.717) is 17.2 Å². The smallest absolute Gasteiger partial charge is 0.260 e. The molecule has 0 saturated carbocycles. The SMILES string of the molecule is COCCN(CCOC)S(=O)(=O)c1ccc(C(=O)N(Cc2ccccc2)c2nc3c(C)ccc(C)c3s2)cc1. The number of hydrogen-bond donors (Lipinski definition) is 0. The van der Waals surface area contributed by atoms with E-state index in [0.717, 1.165) is 26.9 Å². The normalized spacial score (nSPS) is 11.8. The lowest BCUT2D eigenvalue weighted by atomic mass is 10.1. The summed E-state index contributed by atoms with van der Waals surface area (Å²) in [5, 5.41) is 0.596. The maximum absolute atomic E-state index is 13.9. The van der Waals surface area contributed by atoms with Crippen LogP contribution in [0.4, 0.5) is 5.13 Å². The standard InChI is InChI=1S/C29H33N3O5S2/c1-21-10-11-22(2)27-26(21)30-29(38-27)32(20-23-8-6-5-7-9-23)28(33)24-12-14-25(15-13-24)39(34,35)31(16-18-36-3)17-19-37-4/h5-15H,16-20H2,1-4H3. The second-order valence-electron chi connectivity index (χ2n) is 9.16. The topological polar surface area (TPSA) is 89.0 Å². The Morgan fingerprint density at radius 2 is 1.49 bits per heavy atom. The number of nitrogens with zero attached hydrogens (tertiary/aromatic N) is 3. The molecule has 0 radical (unpaired) electrons. The molecule has 1 amide bonds. The summed E-state index contributed by atoms with van der Waals surface area (Å²) in [6.07, 6.45) is 0. The van der Waals surface area contributed by atoms with Crippen molar-refractivity contribution in [2.45, 2.75) is 25.3 Å². The van der Waals surface area contributed by atoms with Gasteiger partial charge in [-0.05, 0) is 54.8 Å². The highest BCUT2D eigenvalue weighted by Gasteiger charge is 2.26. The molecule has 0 bridgehead atoms. The Hall–Kier alpha value is -3.15. The second-order valence-corrected chi connectivity index (χ2v) is 12.1. The van der Waals surface area contributed by atoms with Gasteiger partial charge in [0.1, 0.15) is 0 Å². The van der Waals surface area contributed by atoms with Crippen LogP contribution in [0.5, 0.6) is 0 Å². The highest BCUT2D eigenvalue weighted by molar-refractivity contribution is 7.89. The fraction of sp³-hybridized carbons (Fsp3) is 0.310. The number of sulfonamides is 1. The molecule has 3 aromatic carbocycles. The molecule has 8 nitrogen and oxygen atoms in total. The van der Waals surface area contributed by atoms with Gasteiger partial charge in [-0.3, -0.25) is 9.69 Å². The highest BCUT2D eigenvalue weighted by Crippen LogP contribution is 2.34. The quantitative estimate of drug-likeness (QED) is 0.238. The van der Waals surface area contributed by atoms with Gasteiger partial charge in [0.2, 0.25) is 10.0 Å². The van der Waals surface area contributed by atoms with Crippen LogP contribution in [-0.4, -0.2) is 64.1 Å². The average Bonchev–Trinajstić information content (AvgIpc) is 3.41. The van der Waals surface area contributed by atoms with Gasteiger partial charge in [0.25, 0.3) is 5.91 Å². The Morgan fingerprint density at radius 1 is 0.872 bits per heavy atom. The van der Waals surface area contributed by atoms with Gasteiger partial charge >= 0.3 is 0 Å². The summed E-state index contributed by atoms with van der Waals surface area (Å²) in [6.45, 7) is 5.29. The number of amides is 1. The molecular formula is C29H33N3O5S2. The predicted octanol–water partition coefficient (Wildman–Crippen LogP) is 5.04. The highest BCUT2D eigenvalue weighted by atomic mass is 32.2. The van der Waals surface area contributed by atoms with E-state index in [1.54, 1.807) is 17.0 Å². The van der Waals surface area contributed by atoms with Crippen LogP contribution in [0.15, 0.2) is 71.6 Å². The number of aryl methyl sites for hydroxylation is 2. The van der Waals surface area contributed by atoms with Crippen LogP contribution in [0.1, 0.15) is 27.0 Å². The first kappa shape index (κ1) is 28.8. The molecule has 0 aliphatic carbocycles. The number of benzene rings is 3. The molecule has 0 aliphatic rings. The van der Waals surface area contributed by atoms with E-state index >= 15 is 0 Å². The van der Waals surface area contributed by atoms with Gasteiger partial charge in [-0.2, -0.15) is 4.31 Å². The van der Waals surface area contributed by atoms with Crippen molar-refractivity contribution >= 4 is 42.6 Å². The van der Waals surface area contributed by atoms with E-state index in [-0.39, 0.29) is 37.1 Å². The maximum Gasteiger partial charge on any atom is 0.260 e. The van der Waals surface area contributed by atoms with Gasteiger partial charge in [-0.25, -0.2) is 13.4 Å². The minimum atomic E-state index is -3.80. The number of hydrogen-bond acceptors (Lipinski definition) is 7. The first-order chi connectivity index (χ1) is 18.8. The summed E-state index contributed by atoms with van der Waals surface area (Å²) < 4.78 is 39.1. The van der Waals surface area contributed by atoms with Crippen molar-refractivity contribution in [3.63, 3.8) is 0 Å². The van der Waals surface area contributed by atoms with Gasteiger partial charge < -0.3 is 9.47 Å². The van der Waals surface area contributed by atoms with E-state index in [2.05, 4.69) is 6.07 Å². The second kappa shape index (κ2) is 12.8. The van der Waals surface area contributed by atoms with Crippen molar-refractivity contribution in [1.29, 1.82) is 0 Å². The third kappa shape index (κ3) is 6.54. The lowest BCUT2D eigenvalue weighted by Gasteiger charge is -2.22. The number of methoxy groups -OCH3 is 2. The van der Waals surface area contributed by atoms with Crippen LogP contribution in [0.2, 0.25) is 0 Å². The lowest BCUT2D eigenvalue weighted by molar-refractivity contribution is 0.0985. The number of carbonyl (C=O) groups excluding carboxylic acids is 1. The third-order valence-corrected chi connectivity index (χ3v) is 9.55. The van der Waals surface area contributed by atoms with Crippen LogP contribution >= 0.6 is 11.3 Å². The van der Waals surface area contributed by atoms with Crippen LogP contribution < -0.4 is 4.90 Å². The van der Waals surface area contributed by atoms with E-state index in [4.69, 9.17) is 14.5 Å². The zero-order chi connectivity index (χ0) is 28.0. The Bertz CT molecular complexity index is 1470. The van der Waals surface area contributed by atoms with E-state index in [9.17, 15) is 13.2 Å². The van der Waals surface area contributed by atoms with Crippen molar-refractivity contribution in [2.75, 3.05) is 45.4 Å². The van der Waals surface area contributed by atoms with Crippen molar-refractivity contribution in [3.8, 4) is 0 Å². The molecule has 0 N–H and O–H groups in total. The molecule has 0 atom stereocenters. The van der Waals surface area contributed by atoms with Crippen molar-refractivity contribution in [2.24, 2.45) is 0 Å². The molecule has 4 rings (SSSR count). The molecular weight excluding hydrogens is 534 g/mol. The first-order valence-corrected chi connectivity index (χ1v) is 14.8. The van der Waals surface area contributed by atoms with Crippen molar-refractivity contribution in [1.82, 2.24) is 9.29 Å². The van der Waals surface area contributed by atoms with Crippen LogP contribution in [0, 0.1) is 13.8 Å². The number of aromatic nitrogens is 1. The summed E-state index contributed by atoms with van der Waals surface area (Å²) in [7, 11) is -0.749. The van der Waals surface area contributed by atoms with Crippen LogP contribution in [-0.2, 0) is 26.0 Å². The number of ether oxygens (including phenoxy) is 2. The third-order valence-electron chi connectivity index (χ3n) is 6.42. The molecule has 4 aromatic rings. The number of thiazole rings is 1. The molecule has 0 aliphatic heterocycles. The molecule has 1 heterocycles. The van der Waals surface area contributed by atoms with Gasteiger partial charge in [0, 0.05) is 32.9 Å². The van der Waals surface area contributed by atoms with E-state index in [1.165, 1.54) is 42.0 Å². The summed E-state index contributed by atoms with van der Waals surface area (Å²) in [5.74, 6) is -0.257. The Balaban J connectivity index is 1.67. The average molecular weight is 568 g/mol. The number of carbonyl (C=O) groups is 1. The van der Waals surface area contributed by atoms with Crippen LogP contribution in [0.25, 0.3) is 10.2 Å². The fourth-order valence-electron chi connectivity index (χ4n) is 4.17. The van der Waals surface area contributed by atoms with E-state index in [1.807, 2.05) is 50.2 Å². The fourth-order valence-corrected chi connectivity index (χ4v) is 6.69. The lowest BCUT2D eigenvalue weighted by Crippen LogP contribution is -2.36. The predicted molar refractivity (Wildman–Crippen MR) is 155 cm³/mol. The zero-order valence-electron chi connectivity index (χ0n) is 22.6. The molecule has 0 fully saturated rings. The van der Waals surface area contributed by atoms with E-state index < -0.39 is 10.0 Å². The first-order valence-electron chi connectivity index (χ1n) is 12.6. The molecule has 0 unspecified atom stereocenters. The summed E-state index contributed by atoms with van der Waals surface area (Å²) in [6, 6.07) is 19.9. The van der Waals surface area contributed by atoms with Gasteiger partial charge in [0.05, 0.1) is 34.9 Å². The Labute approximate surface area is 233 Å². The van der Waals surface area contributed by atoms with Crippen molar-refractivity contribution in [3.05, 3.63) is 89.0 Å². The van der Waals surface area contributed by atoms with Gasteiger partial charge in [-0.15, -0.1) is 0 Å². The van der Waals surface area contributed by atoms with Crippen LogP contribution in [0.3, 0.4) is 0 Å². The molecule has 206 valence electrons. The molecule has 0 saturated heterocycles. The number of fused-ring (bicyclic) bond motifs is 1. The Morgan fingerprint density at radius 3 is 2.08 bits per heavy atom. The van der Waals surface area contributed by atoms with Gasteiger partial charge in [-0.1, -0.05) is 53.8 Å². The Kier molecular flexibility index (Phi) is 9.47. The number of rotatable bonds is 12. The van der Waals surface area contributed by atoms with Crippen molar-refractivity contribution < 1.29 is 22.7 Å². The molecule has 1 aromatic heterocycles. The maximum atomic E-state index is 13.9. The monoisotopic (exact) mass is 567 g/mol. The van der Waals surface area contributed by atoms with Gasteiger partial charge in [0.15, 0.2) is 5.13 Å². The minimum Gasteiger partial charge on any atom is -0.383 e. The minimum absolute atomic E-state index is 0.104. The zero-order valence-corrected chi connectivity index (χ0v) is 24.2. The molecule has 10 heteroatoms.